The molecule has 0 N–H and O–H groups in total. The van der Waals surface area contributed by atoms with Gasteiger partial charge in [-0.25, -0.2) is 0 Å². The highest BCUT2D eigenvalue weighted by Gasteiger charge is 2.40. The summed E-state index contributed by atoms with van der Waals surface area (Å²) in [5, 5.41) is -0.0423. The van der Waals surface area contributed by atoms with Crippen LogP contribution in [-0.4, -0.2) is 10.9 Å². The zero-order chi connectivity index (χ0) is 14.6. The molecule has 1 aromatic carbocycles. The second-order valence-corrected chi connectivity index (χ2v) is 7.07. The Labute approximate surface area is 125 Å². The van der Waals surface area contributed by atoms with Crippen LogP contribution in [0, 0.1) is 11.3 Å². The van der Waals surface area contributed by atoms with E-state index in [0.29, 0.717) is 0 Å². The number of hydrogen-bond acceptors (Lipinski definition) is 3. The van der Waals surface area contributed by atoms with E-state index in [1.807, 2.05) is 30.3 Å². The van der Waals surface area contributed by atoms with Crippen LogP contribution in [0.2, 0.25) is 0 Å². The first kappa shape index (κ1) is 15.3. The van der Waals surface area contributed by atoms with Crippen LogP contribution >= 0.6 is 11.8 Å². The van der Waals surface area contributed by atoms with E-state index in [4.69, 9.17) is 0 Å². The van der Waals surface area contributed by atoms with Gasteiger partial charge in [0, 0.05) is 10.8 Å². The Kier molecular flexibility index (Phi) is 5.03. The Bertz CT molecular complexity index is 473. The molecule has 0 saturated heterocycles. The minimum absolute atomic E-state index is 0.0423. The predicted octanol–water partition coefficient (Wildman–Crippen LogP) is 4.48. The van der Waals surface area contributed by atoms with Gasteiger partial charge in [0.15, 0.2) is 0 Å². The maximum absolute atomic E-state index is 12.6. The summed E-state index contributed by atoms with van der Waals surface area (Å²) in [4.78, 5) is 26.0. The van der Waals surface area contributed by atoms with Crippen LogP contribution in [0.15, 0.2) is 35.2 Å². The molecular formula is C17H22O2S. The fourth-order valence-electron chi connectivity index (χ4n) is 2.70. The molecule has 1 fully saturated rings. The first-order chi connectivity index (χ1) is 9.51. The quantitative estimate of drug-likeness (QED) is 0.605. The molecule has 1 aliphatic carbocycles. The summed E-state index contributed by atoms with van der Waals surface area (Å²) in [6, 6.07) is 9.55. The van der Waals surface area contributed by atoms with Crippen molar-refractivity contribution in [2.75, 3.05) is 0 Å². The normalized spacial score (nSPS) is 16.9. The van der Waals surface area contributed by atoms with Crippen molar-refractivity contribution in [1.82, 2.24) is 0 Å². The first-order valence-corrected chi connectivity index (χ1v) is 8.15. The number of rotatable bonds is 4. The summed E-state index contributed by atoms with van der Waals surface area (Å²) in [5.74, 6) is 0.213. The highest BCUT2D eigenvalue weighted by molar-refractivity contribution is 8.13. The molecule has 0 heterocycles. The van der Waals surface area contributed by atoms with Gasteiger partial charge in [0.05, 0.1) is 5.41 Å². The molecule has 2 rings (SSSR count). The van der Waals surface area contributed by atoms with Crippen LogP contribution in [0.25, 0.3) is 0 Å². The van der Waals surface area contributed by atoms with Crippen LogP contribution in [0.4, 0.5) is 0 Å². The highest BCUT2D eigenvalue weighted by Crippen LogP contribution is 2.36. The highest BCUT2D eigenvalue weighted by atomic mass is 32.2. The van der Waals surface area contributed by atoms with Crippen LogP contribution in [0.3, 0.4) is 0 Å². The number of thioether (sulfide) groups is 1. The molecule has 0 atom stereocenters. The summed E-state index contributed by atoms with van der Waals surface area (Å²) >= 11 is 1.18. The van der Waals surface area contributed by atoms with E-state index in [0.717, 1.165) is 30.6 Å². The van der Waals surface area contributed by atoms with Crippen LogP contribution < -0.4 is 0 Å². The number of ketones is 1. The van der Waals surface area contributed by atoms with Crippen molar-refractivity contribution < 1.29 is 9.59 Å². The Morgan fingerprint density at radius 2 is 1.65 bits per heavy atom. The molecule has 1 aromatic rings. The molecular weight excluding hydrogens is 268 g/mol. The van der Waals surface area contributed by atoms with Crippen LogP contribution in [-0.2, 0) is 9.59 Å². The van der Waals surface area contributed by atoms with Crippen molar-refractivity contribution in [2.24, 2.45) is 11.3 Å². The molecule has 20 heavy (non-hydrogen) atoms. The first-order valence-electron chi connectivity index (χ1n) is 7.33. The Morgan fingerprint density at radius 1 is 1.05 bits per heavy atom. The van der Waals surface area contributed by atoms with Crippen molar-refractivity contribution >= 4 is 22.7 Å². The molecule has 0 spiro atoms. The topological polar surface area (TPSA) is 34.1 Å². The summed E-state index contributed by atoms with van der Waals surface area (Å²) in [6.07, 6.45) is 5.35. The van der Waals surface area contributed by atoms with Gasteiger partial charge in [-0.1, -0.05) is 49.2 Å². The van der Waals surface area contributed by atoms with Gasteiger partial charge in [-0.05, 0) is 38.8 Å². The molecule has 2 nitrogen and oxygen atoms in total. The lowest BCUT2D eigenvalue weighted by Crippen LogP contribution is -2.37. The second kappa shape index (κ2) is 6.57. The fourth-order valence-corrected chi connectivity index (χ4v) is 3.56. The molecule has 108 valence electrons. The van der Waals surface area contributed by atoms with Crippen LogP contribution in [0.5, 0.6) is 0 Å². The van der Waals surface area contributed by atoms with Gasteiger partial charge in [-0.3, -0.25) is 9.59 Å². The maximum Gasteiger partial charge on any atom is 0.206 e. The minimum Gasteiger partial charge on any atom is -0.298 e. The van der Waals surface area contributed by atoms with Gasteiger partial charge in [-0.15, -0.1) is 0 Å². The summed E-state index contributed by atoms with van der Waals surface area (Å²) < 4.78 is 0. The zero-order valence-electron chi connectivity index (χ0n) is 12.2. The van der Waals surface area contributed by atoms with Gasteiger partial charge in [0.2, 0.25) is 5.12 Å². The van der Waals surface area contributed by atoms with E-state index >= 15 is 0 Å². The van der Waals surface area contributed by atoms with Crippen molar-refractivity contribution in [3.05, 3.63) is 30.3 Å². The predicted molar refractivity (Wildman–Crippen MR) is 82.7 cm³/mol. The Balaban J connectivity index is 2.04. The van der Waals surface area contributed by atoms with Crippen molar-refractivity contribution in [2.45, 2.75) is 50.8 Å². The average Bonchev–Trinajstić information content (AvgIpc) is 2.48. The van der Waals surface area contributed by atoms with Crippen molar-refractivity contribution in [3.63, 3.8) is 0 Å². The number of carbonyl (C=O) groups excluding carboxylic acids is 2. The number of hydrogen-bond donors (Lipinski definition) is 0. The lowest BCUT2D eigenvalue weighted by Gasteiger charge is -2.29. The smallest absolute Gasteiger partial charge is 0.206 e. The average molecular weight is 290 g/mol. The van der Waals surface area contributed by atoms with E-state index in [2.05, 4.69) is 0 Å². The molecule has 0 bridgehead atoms. The number of Topliss-reactive ketones (excluding diaryl/α,β-unsaturated/α-hetero) is 1. The number of carbonyl (C=O) groups is 2. The van der Waals surface area contributed by atoms with Gasteiger partial charge < -0.3 is 0 Å². The van der Waals surface area contributed by atoms with E-state index in [1.165, 1.54) is 18.2 Å². The third-order valence-corrected chi connectivity index (χ3v) is 5.26. The molecule has 0 aromatic heterocycles. The van der Waals surface area contributed by atoms with Gasteiger partial charge in [-0.2, -0.15) is 0 Å². The molecule has 1 saturated carbocycles. The Hall–Kier alpha value is -1.09. The Morgan fingerprint density at radius 3 is 2.25 bits per heavy atom. The van der Waals surface area contributed by atoms with Crippen molar-refractivity contribution in [1.29, 1.82) is 0 Å². The zero-order valence-corrected chi connectivity index (χ0v) is 13.0. The van der Waals surface area contributed by atoms with Gasteiger partial charge >= 0.3 is 0 Å². The SMILES string of the molecule is CC(C)(C(=O)Sc1ccccc1)C(=O)C1CCCCC1. The fraction of sp³-hybridized carbons (Fsp3) is 0.529. The number of benzene rings is 1. The molecule has 1 aliphatic rings. The lowest BCUT2D eigenvalue weighted by molar-refractivity contribution is -0.137. The van der Waals surface area contributed by atoms with E-state index < -0.39 is 5.41 Å². The lowest BCUT2D eigenvalue weighted by atomic mass is 9.76. The third kappa shape index (κ3) is 3.51. The molecule has 0 aliphatic heterocycles. The maximum atomic E-state index is 12.6. The summed E-state index contributed by atoms with van der Waals surface area (Å²) in [5.41, 5.74) is -0.886. The van der Waals surface area contributed by atoms with E-state index in [9.17, 15) is 9.59 Å². The molecule has 0 unspecified atom stereocenters. The van der Waals surface area contributed by atoms with Crippen molar-refractivity contribution in [3.8, 4) is 0 Å². The third-order valence-electron chi connectivity index (χ3n) is 4.06. The minimum atomic E-state index is -0.886. The molecule has 3 heteroatoms. The van der Waals surface area contributed by atoms with E-state index in [1.54, 1.807) is 13.8 Å². The summed E-state index contributed by atoms with van der Waals surface area (Å²) in [6.45, 7) is 3.56. The van der Waals surface area contributed by atoms with Crippen LogP contribution in [0.1, 0.15) is 46.0 Å². The molecule has 0 amide bonds. The summed E-state index contributed by atoms with van der Waals surface area (Å²) in [7, 11) is 0. The molecule has 0 radical (unpaired) electrons. The standard InChI is InChI=1S/C17H22O2S/c1-17(2,15(18)13-9-5-3-6-10-13)16(19)20-14-11-7-4-8-12-14/h4,7-8,11-13H,3,5-6,9-10H2,1-2H3. The van der Waals surface area contributed by atoms with E-state index in [-0.39, 0.29) is 16.8 Å². The second-order valence-electron chi connectivity index (χ2n) is 6.03. The largest absolute Gasteiger partial charge is 0.298 e. The monoisotopic (exact) mass is 290 g/mol. The van der Waals surface area contributed by atoms with Gasteiger partial charge in [0.1, 0.15) is 5.78 Å². The van der Waals surface area contributed by atoms with Gasteiger partial charge in [0.25, 0.3) is 0 Å².